The second kappa shape index (κ2) is 8.03. The van der Waals surface area contributed by atoms with Gasteiger partial charge in [-0.25, -0.2) is 9.78 Å². The highest BCUT2D eigenvalue weighted by atomic mass is 16.4. The maximum Gasteiger partial charge on any atom is 0.337 e. The number of hydrogen-bond acceptors (Lipinski definition) is 5. The van der Waals surface area contributed by atoms with E-state index >= 15 is 0 Å². The molecule has 3 aromatic rings. The normalized spacial score (nSPS) is 14.5. The Morgan fingerprint density at radius 1 is 1.23 bits per heavy atom. The van der Waals surface area contributed by atoms with Gasteiger partial charge in [0.25, 0.3) is 0 Å². The molecule has 152 valence electrons. The van der Waals surface area contributed by atoms with Gasteiger partial charge in [0.1, 0.15) is 5.82 Å². The van der Waals surface area contributed by atoms with Crippen LogP contribution in [0.15, 0.2) is 42.5 Å². The molecule has 0 bridgehead atoms. The molecule has 0 amide bonds. The number of carbonyl (C=O) groups is 1. The van der Waals surface area contributed by atoms with Gasteiger partial charge in [-0.1, -0.05) is 18.2 Å². The Morgan fingerprint density at radius 2 is 1.97 bits per heavy atom. The maximum atomic E-state index is 11.6. The minimum absolute atomic E-state index is 0.194. The fourth-order valence-electron chi connectivity index (χ4n) is 4.13. The smallest absolute Gasteiger partial charge is 0.337 e. The number of fused-ring (bicyclic) bond motifs is 1. The number of hydrogen-bond donors (Lipinski definition) is 2. The number of carboxylic acid groups (broad SMARTS) is 1. The highest BCUT2D eigenvalue weighted by molar-refractivity contribution is 5.94. The molecule has 2 heterocycles. The molecule has 1 aliphatic heterocycles. The van der Waals surface area contributed by atoms with Crippen LogP contribution in [0, 0.1) is 18.3 Å². The fourth-order valence-corrected chi connectivity index (χ4v) is 4.13. The Morgan fingerprint density at radius 3 is 2.67 bits per heavy atom. The number of nitrogens with zero attached hydrogens (tertiary/aromatic N) is 3. The second-order valence-corrected chi connectivity index (χ2v) is 7.80. The molecule has 6 heteroatoms. The van der Waals surface area contributed by atoms with Crippen molar-refractivity contribution >= 4 is 28.4 Å². The Balaban J connectivity index is 1.82. The summed E-state index contributed by atoms with van der Waals surface area (Å²) in [5.74, 6) is -0.139. The molecular formula is C24H24N4O2. The molecule has 0 aliphatic carbocycles. The summed E-state index contributed by atoms with van der Waals surface area (Å²) in [7, 11) is 0. The van der Waals surface area contributed by atoms with Crippen LogP contribution in [0.3, 0.4) is 0 Å². The number of carboxylic acids is 1. The number of aromatic nitrogens is 1. The molecule has 4 rings (SSSR count). The van der Waals surface area contributed by atoms with Crippen molar-refractivity contribution in [2.24, 2.45) is 0 Å². The molecule has 1 aromatic heterocycles. The third-order valence-electron chi connectivity index (χ3n) is 5.62. The molecule has 6 nitrogen and oxygen atoms in total. The molecule has 0 spiro atoms. The largest absolute Gasteiger partial charge is 0.478 e. The van der Waals surface area contributed by atoms with Gasteiger partial charge in [0.15, 0.2) is 0 Å². The van der Waals surface area contributed by atoms with Crippen LogP contribution < -0.4 is 10.2 Å². The number of aromatic carboxylic acids is 1. The van der Waals surface area contributed by atoms with Crippen molar-refractivity contribution in [1.82, 2.24) is 4.98 Å². The molecule has 0 saturated carbocycles. The summed E-state index contributed by atoms with van der Waals surface area (Å²) >= 11 is 0. The van der Waals surface area contributed by atoms with Crippen molar-refractivity contribution in [2.75, 3.05) is 23.3 Å². The number of para-hydroxylation sites is 1. The predicted octanol–water partition coefficient (Wildman–Crippen LogP) is 4.89. The van der Waals surface area contributed by atoms with Gasteiger partial charge in [-0.15, -0.1) is 0 Å². The summed E-state index contributed by atoms with van der Waals surface area (Å²) in [6.07, 6.45) is 2.26. The van der Waals surface area contributed by atoms with Gasteiger partial charge in [-0.05, 0) is 56.5 Å². The predicted molar refractivity (Wildman–Crippen MR) is 118 cm³/mol. The van der Waals surface area contributed by atoms with E-state index in [1.807, 2.05) is 32.0 Å². The SMILES string of the molecule is Cc1cc(C(C)Nc2ccccc2C(=O)O)c2nc(N3CCCC3)cc(C#N)c2c1. The Hall–Kier alpha value is -3.59. The monoisotopic (exact) mass is 400 g/mol. The van der Waals surface area contributed by atoms with E-state index in [0.717, 1.165) is 53.8 Å². The molecule has 1 atom stereocenters. The summed E-state index contributed by atoms with van der Waals surface area (Å²) in [4.78, 5) is 18.8. The lowest BCUT2D eigenvalue weighted by molar-refractivity contribution is 0.0698. The number of anilines is 2. The summed E-state index contributed by atoms with van der Waals surface area (Å²) in [5.41, 5.74) is 4.17. The minimum atomic E-state index is -0.972. The van der Waals surface area contributed by atoms with E-state index in [9.17, 15) is 15.2 Å². The van der Waals surface area contributed by atoms with E-state index in [0.29, 0.717) is 11.3 Å². The molecular weight excluding hydrogens is 376 g/mol. The first-order chi connectivity index (χ1) is 14.5. The Kier molecular flexibility index (Phi) is 5.28. The summed E-state index contributed by atoms with van der Waals surface area (Å²) in [5, 5.41) is 23.4. The molecule has 0 radical (unpaired) electrons. The lowest BCUT2D eigenvalue weighted by atomic mass is 9.97. The second-order valence-electron chi connectivity index (χ2n) is 7.80. The number of pyridine rings is 1. The molecule has 2 aromatic carbocycles. The van der Waals surface area contributed by atoms with Crippen LogP contribution in [0.5, 0.6) is 0 Å². The molecule has 30 heavy (non-hydrogen) atoms. The van der Waals surface area contributed by atoms with Gasteiger partial charge >= 0.3 is 5.97 Å². The van der Waals surface area contributed by atoms with Gasteiger partial charge in [0.2, 0.25) is 0 Å². The third-order valence-corrected chi connectivity index (χ3v) is 5.62. The van der Waals surface area contributed by atoms with Crippen molar-refractivity contribution in [3.05, 3.63) is 64.7 Å². The highest BCUT2D eigenvalue weighted by Crippen LogP contribution is 2.32. The van der Waals surface area contributed by atoms with Crippen LogP contribution in [-0.2, 0) is 0 Å². The van der Waals surface area contributed by atoms with E-state index in [1.165, 1.54) is 0 Å². The lowest BCUT2D eigenvalue weighted by Crippen LogP contribution is -2.19. The van der Waals surface area contributed by atoms with E-state index in [-0.39, 0.29) is 11.6 Å². The van der Waals surface area contributed by atoms with Gasteiger partial charge in [0, 0.05) is 29.7 Å². The maximum absolute atomic E-state index is 11.6. The van der Waals surface area contributed by atoms with Crippen molar-refractivity contribution in [3.8, 4) is 6.07 Å². The van der Waals surface area contributed by atoms with Crippen LogP contribution in [0.2, 0.25) is 0 Å². The van der Waals surface area contributed by atoms with Crippen LogP contribution in [0.1, 0.15) is 52.9 Å². The standard InChI is InChI=1S/C24H24N4O2/c1-15-11-19(16(2)26-21-8-4-3-7-18(21)24(29)30)23-20(12-15)17(14-25)13-22(27-23)28-9-5-6-10-28/h3-4,7-8,11-13,16,26H,5-6,9-10H2,1-2H3,(H,29,30). The van der Waals surface area contributed by atoms with E-state index in [1.54, 1.807) is 18.2 Å². The minimum Gasteiger partial charge on any atom is -0.478 e. The zero-order valence-corrected chi connectivity index (χ0v) is 17.1. The van der Waals surface area contributed by atoms with Crippen LogP contribution in [0.25, 0.3) is 10.9 Å². The van der Waals surface area contributed by atoms with Crippen molar-refractivity contribution in [3.63, 3.8) is 0 Å². The summed E-state index contributed by atoms with van der Waals surface area (Å²) < 4.78 is 0. The first-order valence-electron chi connectivity index (χ1n) is 10.2. The number of nitriles is 1. The molecule has 2 N–H and O–H groups in total. The zero-order valence-electron chi connectivity index (χ0n) is 17.1. The average molecular weight is 400 g/mol. The number of benzene rings is 2. The van der Waals surface area contributed by atoms with Crippen molar-refractivity contribution in [2.45, 2.75) is 32.7 Å². The van der Waals surface area contributed by atoms with Crippen molar-refractivity contribution < 1.29 is 9.90 Å². The number of nitrogens with one attached hydrogen (secondary N) is 1. The molecule has 1 saturated heterocycles. The number of rotatable bonds is 5. The van der Waals surface area contributed by atoms with E-state index < -0.39 is 5.97 Å². The number of aryl methyl sites for hydroxylation is 1. The molecule has 1 fully saturated rings. The quantitative estimate of drug-likeness (QED) is 0.634. The summed E-state index contributed by atoms with van der Waals surface area (Å²) in [6.45, 7) is 5.88. The van der Waals surface area contributed by atoms with E-state index in [2.05, 4.69) is 22.4 Å². The third kappa shape index (κ3) is 3.67. The first kappa shape index (κ1) is 19.7. The van der Waals surface area contributed by atoms with Gasteiger partial charge in [0.05, 0.1) is 28.8 Å². The van der Waals surface area contributed by atoms with Gasteiger partial charge in [-0.2, -0.15) is 5.26 Å². The Labute approximate surface area is 175 Å². The molecule has 1 unspecified atom stereocenters. The van der Waals surface area contributed by atoms with Gasteiger partial charge < -0.3 is 15.3 Å². The van der Waals surface area contributed by atoms with E-state index in [4.69, 9.17) is 4.98 Å². The fraction of sp³-hybridized carbons (Fsp3) is 0.292. The lowest BCUT2D eigenvalue weighted by Gasteiger charge is -2.22. The first-order valence-corrected chi connectivity index (χ1v) is 10.2. The highest BCUT2D eigenvalue weighted by Gasteiger charge is 2.20. The van der Waals surface area contributed by atoms with Crippen LogP contribution in [0.4, 0.5) is 11.5 Å². The Bertz CT molecular complexity index is 1160. The van der Waals surface area contributed by atoms with Gasteiger partial charge in [-0.3, -0.25) is 0 Å². The summed E-state index contributed by atoms with van der Waals surface area (Å²) in [6, 6.07) is 15.0. The van der Waals surface area contributed by atoms with Crippen LogP contribution in [-0.4, -0.2) is 29.1 Å². The average Bonchev–Trinajstić information content (AvgIpc) is 3.27. The zero-order chi connectivity index (χ0) is 21.3. The molecule has 1 aliphatic rings. The topological polar surface area (TPSA) is 89.2 Å². The van der Waals surface area contributed by atoms with Crippen LogP contribution >= 0.6 is 0 Å². The van der Waals surface area contributed by atoms with Crippen molar-refractivity contribution in [1.29, 1.82) is 5.26 Å².